The van der Waals surface area contributed by atoms with Crippen LogP contribution in [0.5, 0.6) is 0 Å². The number of hydrogen-bond acceptors (Lipinski definition) is 16. The lowest BCUT2D eigenvalue weighted by molar-refractivity contribution is -0.123. The minimum absolute atomic E-state index is 0.0274. The molecule has 5 N–H and O–H groups in total. The molecule has 87 heavy (non-hydrogen) atoms. The van der Waals surface area contributed by atoms with Gasteiger partial charge in [0, 0.05) is 62.2 Å². The highest BCUT2D eigenvalue weighted by molar-refractivity contribution is 7.90. The first kappa shape index (κ1) is 63.9. The molecule has 0 spiro atoms. The number of halogens is 1. The van der Waals surface area contributed by atoms with Crippen LogP contribution in [0.15, 0.2) is 70.7 Å². The standard InChI is InChI=1S/C32H44N6O4S.C20H24ClN5O3S.C12H21NO/c1-31(2)19-22-9-8-17-33-25-10-7-11-27(34-25)43(41,42)36-29(39)24-12-13-26(35-28(24)38(31)21-22)37-18-14-23(30(37)40)20-32(3)15-5-4-6-16-32;1-20(2)11-13-5-4-10-22-16-6-3-7-17(24-16)30(28,29)25-19(27)14-8-9-15(21)23-18(14)26(20)12-13;1-12(6-3-2-4-7-12)9-10-5-8-13-11(10)14/h7,10-13,22-23H,4-6,8-9,14-21H2,1-3H3,(H,33,34)(H,36,39);3,6-9,13H,4-5,10-12H2,1-2H3,(H,22,24)(H,25,27);10H,2-9H2,1H3,(H,13,14)/t22-,23?;13-;/m00./s1. The van der Waals surface area contributed by atoms with E-state index in [-0.39, 0.29) is 54.6 Å². The summed E-state index contributed by atoms with van der Waals surface area (Å²) in [7, 11) is -8.39. The monoisotopic (exact) mass is 1250 g/mol. The maximum atomic E-state index is 13.7. The number of nitrogens with one attached hydrogen (secondary N) is 5. The first-order chi connectivity index (χ1) is 41.3. The summed E-state index contributed by atoms with van der Waals surface area (Å²) in [5.74, 6) is 2.22. The number of anilines is 5. The van der Waals surface area contributed by atoms with Crippen LogP contribution in [0, 0.1) is 34.5 Å². The normalized spacial score (nSPS) is 26.1. The van der Waals surface area contributed by atoms with Crippen molar-refractivity contribution in [2.24, 2.45) is 34.5 Å². The predicted octanol–water partition coefficient (Wildman–Crippen LogP) is 10.7. The van der Waals surface area contributed by atoms with Gasteiger partial charge >= 0.3 is 0 Å². The van der Waals surface area contributed by atoms with Gasteiger partial charge in [0.1, 0.15) is 34.2 Å². The second-order valence-corrected chi connectivity index (χ2v) is 31.3. The molecule has 2 aliphatic carbocycles. The fourth-order valence-corrected chi connectivity index (χ4v) is 17.1. The van der Waals surface area contributed by atoms with Crippen LogP contribution in [0.3, 0.4) is 0 Å². The SMILES string of the molecule is CC1(C)C[C@@H]2CCCNc3cccc(n3)S(=O)(=O)NC(=O)c3ccc(Cl)nc3N1C2.CC1(CC2CCN(c3ccc4c(n3)N3C[C@@H](CCCNc5cccc(n5)S(=O)(=O)NC4=O)CC3(C)C)C2=O)CCCCC1.CC1(CC2CCNC2=O)CCCCC1. The molecule has 2 saturated carbocycles. The third kappa shape index (κ3) is 15.1. The first-order valence-electron chi connectivity index (χ1n) is 31.7. The molecule has 6 fully saturated rings. The third-order valence-electron chi connectivity index (χ3n) is 19.6. The molecule has 12 rings (SSSR count). The molecule has 23 heteroatoms. The number of carbonyl (C=O) groups excluding carboxylic acids is 4. The highest BCUT2D eigenvalue weighted by atomic mass is 35.5. The number of hydrogen-bond donors (Lipinski definition) is 5. The van der Waals surface area contributed by atoms with Crippen LogP contribution >= 0.6 is 11.6 Å². The van der Waals surface area contributed by atoms with Gasteiger partial charge in [0.2, 0.25) is 11.8 Å². The van der Waals surface area contributed by atoms with Crippen molar-refractivity contribution in [3.05, 3.63) is 76.9 Å². The van der Waals surface area contributed by atoms with Gasteiger partial charge in [-0.2, -0.15) is 16.8 Å². The lowest BCUT2D eigenvalue weighted by atomic mass is 9.70. The van der Waals surface area contributed by atoms with Crippen molar-refractivity contribution in [2.75, 3.05) is 64.6 Å². The summed E-state index contributed by atoms with van der Waals surface area (Å²) in [5, 5.41) is 9.14. The van der Waals surface area contributed by atoms with Crippen molar-refractivity contribution in [3.8, 4) is 0 Å². The van der Waals surface area contributed by atoms with Crippen LogP contribution in [0.25, 0.3) is 0 Å². The Morgan fingerprint density at radius 3 is 1.51 bits per heavy atom. The van der Waals surface area contributed by atoms with Crippen LogP contribution in [-0.2, 0) is 29.6 Å². The lowest BCUT2D eigenvalue weighted by Gasteiger charge is -2.35. The minimum atomic E-state index is -4.24. The summed E-state index contributed by atoms with van der Waals surface area (Å²) in [6, 6.07) is 15.7. The Kier molecular flexibility index (Phi) is 19.2. The Morgan fingerprint density at radius 1 is 0.529 bits per heavy atom. The van der Waals surface area contributed by atoms with Crippen LogP contribution in [0.2, 0.25) is 5.15 Å². The smallest absolute Gasteiger partial charge is 0.281 e. The Bertz CT molecular complexity index is 3430. The van der Waals surface area contributed by atoms with Crippen LogP contribution in [-0.4, -0.2) is 111 Å². The summed E-state index contributed by atoms with van der Waals surface area (Å²) in [6.07, 6.45) is 22.4. The van der Waals surface area contributed by atoms with E-state index in [4.69, 9.17) is 16.6 Å². The third-order valence-corrected chi connectivity index (χ3v) is 22.3. The van der Waals surface area contributed by atoms with E-state index >= 15 is 0 Å². The number of rotatable bonds is 5. The molecule has 0 radical (unpaired) electrons. The Labute approximate surface area is 519 Å². The van der Waals surface area contributed by atoms with Gasteiger partial charge < -0.3 is 25.8 Å². The summed E-state index contributed by atoms with van der Waals surface area (Å²) < 4.78 is 56.4. The zero-order valence-electron chi connectivity index (χ0n) is 51.6. The summed E-state index contributed by atoms with van der Waals surface area (Å²) >= 11 is 6.14. The molecule has 2 unspecified atom stereocenters. The fourth-order valence-electron chi connectivity index (χ4n) is 15.1. The van der Waals surface area contributed by atoms with Crippen LogP contribution < -0.4 is 40.1 Å². The number of sulfonamides is 2. The Morgan fingerprint density at radius 2 is 1.01 bits per heavy atom. The molecular formula is C64H89ClN12O8S2. The minimum Gasteiger partial charge on any atom is -0.370 e. The van der Waals surface area contributed by atoms with E-state index in [1.54, 1.807) is 41.3 Å². The van der Waals surface area contributed by atoms with Gasteiger partial charge in [-0.05, 0) is 189 Å². The average Bonchev–Trinajstić information content (AvgIpc) is 2.12. The van der Waals surface area contributed by atoms with Gasteiger partial charge in [-0.1, -0.05) is 76.1 Å². The summed E-state index contributed by atoms with van der Waals surface area (Å²) in [4.78, 5) is 75.6. The topological polar surface area (TPSA) is 258 Å². The van der Waals surface area contributed by atoms with Crippen molar-refractivity contribution in [1.82, 2.24) is 34.7 Å². The molecule has 4 aromatic heterocycles. The highest BCUT2D eigenvalue weighted by Gasteiger charge is 2.45. The van der Waals surface area contributed by atoms with Crippen LogP contribution in [0.1, 0.15) is 191 Å². The quantitative estimate of drug-likeness (QED) is 0.116. The molecular weight excluding hydrogens is 1160 g/mol. The average molecular weight is 1250 g/mol. The van der Waals surface area contributed by atoms with Crippen molar-refractivity contribution >= 4 is 84.4 Å². The second-order valence-electron chi connectivity index (χ2n) is 27.7. The zero-order chi connectivity index (χ0) is 61.9. The first-order valence-corrected chi connectivity index (χ1v) is 35.0. The van der Waals surface area contributed by atoms with E-state index in [9.17, 15) is 36.0 Å². The Balaban J connectivity index is 0.000000164. The zero-order valence-corrected chi connectivity index (χ0v) is 53.9. The van der Waals surface area contributed by atoms with Crippen molar-refractivity contribution in [1.29, 1.82) is 0 Å². The molecule has 4 atom stereocenters. The van der Waals surface area contributed by atoms with Crippen LogP contribution in [0.4, 0.5) is 29.1 Å². The largest absolute Gasteiger partial charge is 0.370 e. The number of carbonyl (C=O) groups is 4. The molecule has 8 bridgehead atoms. The van der Waals surface area contributed by atoms with Gasteiger partial charge in [-0.3, -0.25) is 24.1 Å². The van der Waals surface area contributed by atoms with E-state index in [1.165, 1.54) is 88.5 Å². The molecule has 4 saturated heterocycles. The molecule has 10 heterocycles. The van der Waals surface area contributed by atoms with Crippen molar-refractivity contribution < 1.29 is 36.0 Å². The van der Waals surface area contributed by atoms with E-state index < -0.39 is 31.9 Å². The van der Waals surface area contributed by atoms with E-state index in [1.807, 2.05) is 0 Å². The van der Waals surface area contributed by atoms with Gasteiger partial charge in [-0.15, -0.1) is 0 Å². The lowest BCUT2D eigenvalue weighted by Crippen LogP contribution is -2.41. The van der Waals surface area contributed by atoms with Gasteiger partial charge in [-0.25, -0.2) is 29.4 Å². The number of nitrogens with zero attached hydrogens (tertiary/aromatic N) is 7. The maximum absolute atomic E-state index is 13.7. The van der Waals surface area contributed by atoms with Crippen molar-refractivity contribution in [2.45, 2.75) is 191 Å². The number of fused-ring (bicyclic) bond motifs is 12. The second kappa shape index (κ2) is 26.1. The number of aromatic nitrogens is 4. The molecule has 6 aliphatic heterocycles. The van der Waals surface area contributed by atoms with E-state index in [0.29, 0.717) is 84.3 Å². The molecule has 4 amide bonds. The molecule has 20 nitrogen and oxygen atoms in total. The maximum Gasteiger partial charge on any atom is 0.281 e. The summed E-state index contributed by atoms with van der Waals surface area (Å²) in [5.41, 5.74) is 0.454. The number of pyridine rings is 4. The molecule has 8 aliphatic rings. The van der Waals surface area contributed by atoms with E-state index in [0.717, 1.165) is 77.3 Å². The van der Waals surface area contributed by atoms with Gasteiger partial charge in [0.25, 0.3) is 31.9 Å². The molecule has 0 aromatic carbocycles. The Hall–Kier alpha value is -6.13. The van der Waals surface area contributed by atoms with E-state index in [2.05, 4.69) is 91.7 Å². The fraction of sp³-hybridized carbons (Fsp3) is 0.625. The highest BCUT2D eigenvalue weighted by Crippen LogP contribution is 2.46. The number of amides is 4. The van der Waals surface area contributed by atoms with Gasteiger partial charge in [0.05, 0.1) is 11.1 Å². The molecule has 4 aromatic rings. The van der Waals surface area contributed by atoms with Gasteiger partial charge in [0.15, 0.2) is 10.1 Å². The predicted molar refractivity (Wildman–Crippen MR) is 339 cm³/mol. The van der Waals surface area contributed by atoms with Crippen molar-refractivity contribution in [3.63, 3.8) is 0 Å². The summed E-state index contributed by atoms with van der Waals surface area (Å²) in [6.45, 7) is 17.4. The molecule has 472 valence electrons.